The molecule has 0 spiro atoms. The zero-order valence-corrected chi connectivity index (χ0v) is 9.46. The van der Waals surface area contributed by atoms with Gasteiger partial charge >= 0.3 is 0 Å². The van der Waals surface area contributed by atoms with Crippen molar-refractivity contribution < 1.29 is 0 Å². The summed E-state index contributed by atoms with van der Waals surface area (Å²) in [6.45, 7) is 4.61. The highest BCUT2D eigenvalue weighted by Crippen LogP contribution is 2.40. The number of hydrogen-bond donors (Lipinski definition) is 1. The van der Waals surface area contributed by atoms with Crippen molar-refractivity contribution >= 4 is 5.69 Å². The summed E-state index contributed by atoms with van der Waals surface area (Å²) in [4.78, 5) is 2.44. The van der Waals surface area contributed by atoms with Gasteiger partial charge in [0, 0.05) is 24.2 Å². The third kappa shape index (κ3) is 1.44. The Morgan fingerprint density at radius 3 is 3.13 bits per heavy atom. The highest BCUT2D eigenvalue weighted by atomic mass is 15.1. The Kier molecular flexibility index (Phi) is 1.99. The molecule has 0 radical (unpaired) electrons. The number of likely N-dealkylation sites (N-methyl/N-ethyl adjacent to an activating group) is 1. The Hall–Kier alpha value is -1.02. The molecular formula is C13H18N2. The van der Waals surface area contributed by atoms with E-state index in [1.165, 1.54) is 36.3 Å². The Labute approximate surface area is 91.3 Å². The van der Waals surface area contributed by atoms with Crippen LogP contribution in [0.2, 0.25) is 0 Å². The summed E-state index contributed by atoms with van der Waals surface area (Å²) in [6, 6.07) is 7.47. The van der Waals surface area contributed by atoms with Crippen LogP contribution in [0.3, 0.4) is 0 Å². The molecule has 2 heteroatoms. The van der Waals surface area contributed by atoms with Gasteiger partial charge in [0.1, 0.15) is 0 Å². The molecule has 2 aliphatic heterocycles. The average Bonchev–Trinajstić information content (AvgIpc) is 2.56. The number of anilines is 1. The standard InChI is InChI=1S/C13H18N2/c1-9-3-4-12-10(7-9)11-8-15(2)6-5-13(11)14-12/h3-4,7,11,13-14H,5-6,8H2,1-2H3. The summed E-state index contributed by atoms with van der Waals surface area (Å²) in [5.41, 5.74) is 4.28. The average molecular weight is 202 g/mol. The van der Waals surface area contributed by atoms with Gasteiger partial charge in [-0.25, -0.2) is 0 Å². The largest absolute Gasteiger partial charge is 0.381 e. The van der Waals surface area contributed by atoms with E-state index >= 15 is 0 Å². The molecule has 1 aromatic rings. The van der Waals surface area contributed by atoms with E-state index in [0.29, 0.717) is 12.0 Å². The first kappa shape index (κ1) is 9.22. The number of piperidine rings is 1. The lowest BCUT2D eigenvalue weighted by molar-refractivity contribution is 0.243. The summed E-state index contributed by atoms with van der Waals surface area (Å²) in [5.74, 6) is 0.707. The van der Waals surface area contributed by atoms with Crippen molar-refractivity contribution in [1.29, 1.82) is 0 Å². The van der Waals surface area contributed by atoms with Gasteiger partial charge in [0.15, 0.2) is 0 Å². The van der Waals surface area contributed by atoms with Crippen molar-refractivity contribution in [3.05, 3.63) is 29.3 Å². The Morgan fingerprint density at radius 2 is 2.27 bits per heavy atom. The van der Waals surface area contributed by atoms with Gasteiger partial charge in [-0.1, -0.05) is 17.7 Å². The predicted molar refractivity (Wildman–Crippen MR) is 63.4 cm³/mol. The van der Waals surface area contributed by atoms with E-state index < -0.39 is 0 Å². The zero-order valence-electron chi connectivity index (χ0n) is 9.46. The molecular weight excluding hydrogens is 184 g/mol. The first-order valence-corrected chi connectivity index (χ1v) is 5.79. The second-order valence-electron chi connectivity index (χ2n) is 5.00. The molecule has 0 saturated carbocycles. The molecule has 2 unspecified atom stereocenters. The maximum Gasteiger partial charge on any atom is 0.0379 e. The van der Waals surface area contributed by atoms with Gasteiger partial charge in [0.2, 0.25) is 0 Å². The molecule has 0 bridgehead atoms. The molecule has 2 atom stereocenters. The van der Waals surface area contributed by atoms with Gasteiger partial charge in [-0.15, -0.1) is 0 Å². The van der Waals surface area contributed by atoms with Gasteiger partial charge in [-0.05, 0) is 38.6 Å². The summed E-state index contributed by atoms with van der Waals surface area (Å²) in [6.07, 6.45) is 1.27. The van der Waals surface area contributed by atoms with Crippen molar-refractivity contribution in [3.63, 3.8) is 0 Å². The molecule has 0 amide bonds. The van der Waals surface area contributed by atoms with Crippen molar-refractivity contribution in [3.8, 4) is 0 Å². The smallest absolute Gasteiger partial charge is 0.0379 e. The maximum absolute atomic E-state index is 3.66. The lowest BCUT2D eigenvalue weighted by Gasteiger charge is -2.32. The second kappa shape index (κ2) is 3.24. The van der Waals surface area contributed by atoms with Crippen LogP contribution < -0.4 is 5.32 Å². The number of fused-ring (bicyclic) bond motifs is 3. The quantitative estimate of drug-likeness (QED) is 0.694. The SMILES string of the molecule is Cc1ccc2c(c1)C1CN(C)CCC1N2. The van der Waals surface area contributed by atoms with E-state index in [2.05, 4.69) is 42.4 Å². The number of nitrogens with one attached hydrogen (secondary N) is 1. The maximum atomic E-state index is 3.66. The lowest BCUT2D eigenvalue weighted by atomic mass is 9.89. The zero-order chi connectivity index (χ0) is 10.4. The fourth-order valence-electron chi connectivity index (χ4n) is 2.92. The molecule has 1 N–H and O–H groups in total. The van der Waals surface area contributed by atoms with Crippen LogP contribution in [0.25, 0.3) is 0 Å². The molecule has 2 aliphatic rings. The van der Waals surface area contributed by atoms with E-state index in [1.807, 2.05) is 0 Å². The molecule has 0 aromatic heterocycles. The van der Waals surface area contributed by atoms with Gasteiger partial charge < -0.3 is 10.2 Å². The van der Waals surface area contributed by atoms with Crippen LogP contribution in [0.15, 0.2) is 18.2 Å². The van der Waals surface area contributed by atoms with E-state index in [-0.39, 0.29) is 0 Å². The van der Waals surface area contributed by atoms with Crippen LogP contribution >= 0.6 is 0 Å². The second-order valence-corrected chi connectivity index (χ2v) is 5.00. The minimum atomic E-state index is 0.679. The third-order valence-corrected chi connectivity index (χ3v) is 3.76. The number of aryl methyl sites for hydroxylation is 1. The highest BCUT2D eigenvalue weighted by molar-refractivity contribution is 5.60. The van der Waals surface area contributed by atoms with Gasteiger partial charge in [-0.2, -0.15) is 0 Å². The van der Waals surface area contributed by atoms with E-state index in [0.717, 1.165) is 0 Å². The van der Waals surface area contributed by atoms with Crippen molar-refractivity contribution in [2.24, 2.45) is 0 Å². The molecule has 2 nitrogen and oxygen atoms in total. The minimum Gasteiger partial charge on any atom is -0.381 e. The molecule has 1 aromatic carbocycles. The summed E-state index contributed by atoms with van der Waals surface area (Å²) in [5, 5.41) is 3.66. The number of hydrogen-bond acceptors (Lipinski definition) is 2. The lowest BCUT2D eigenvalue weighted by Crippen LogP contribution is -2.39. The van der Waals surface area contributed by atoms with E-state index in [1.54, 1.807) is 0 Å². The Bertz CT molecular complexity index is 386. The number of rotatable bonds is 0. The summed E-state index contributed by atoms with van der Waals surface area (Å²) >= 11 is 0. The first-order chi connectivity index (χ1) is 7.24. The molecule has 80 valence electrons. The fourth-order valence-corrected chi connectivity index (χ4v) is 2.92. The monoisotopic (exact) mass is 202 g/mol. The van der Waals surface area contributed by atoms with Crippen LogP contribution in [0.4, 0.5) is 5.69 Å². The van der Waals surface area contributed by atoms with Crippen molar-refractivity contribution in [1.82, 2.24) is 4.90 Å². The van der Waals surface area contributed by atoms with E-state index in [4.69, 9.17) is 0 Å². The summed E-state index contributed by atoms with van der Waals surface area (Å²) < 4.78 is 0. The topological polar surface area (TPSA) is 15.3 Å². The van der Waals surface area contributed by atoms with E-state index in [9.17, 15) is 0 Å². The number of likely N-dealkylation sites (tertiary alicyclic amines) is 1. The third-order valence-electron chi connectivity index (χ3n) is 3.76. The van der Waals surface area contributed by atoms with Gasteiger partial charge in [0.25, 0.3) is 0 Å². The normalized spacial score (nSPS) is 29.5. The van der Waals surface area contributed by atoms with Gasteiger partial charge in [0.05, 0.1) is 0 Å². The minimum absolute atomic E-state index is 0.679. The Balaban J connectivity index is 1.98. The highest BCUT2D eigenvalue weighted by Gasteiger charge is 2.35. The van der Waals surface area contributed by atoms with Crippen LogP contribution in [-0.2, 0) is 0 Å². The Morgan fingerprint density at radius 1 is 1.40 bits per heavy atom. The fraction of sp³-hybridized carbons (Fsp3) is 0.538. The van der Waals surface area contributed by atoms with Crippen LogP contribution in [0, 0.1) is 6.92 Å². The van der Waals surface area contributed by atoms with Crippen LogP contribution in [-0.4, -0.2) is 31.1 Å². The van der Waals surface area contributed by atoms with Gasteiger partial charge in [-0.3, -0.25) is 0 Å². The first-order valence-electron chi connectivity index (χ1n) is 5.79. The number of nitrogens with zero attached hydrogens (tertiary/aromatic N) is 1. The van der Waals surface area contributed by atoms with Crippen molar-refractivity contribution in [2.75, 3.05) is 25.5 Å². The van der Waals surface area contributed by atoms with Crippen molar-refractivity contribution in [2.45, 2.75) is 25.3 Å². The molecule has 1 saturated heterocycles. The van der Waals surface area contributed by atoms with Crippen LogP contribution in [0.1, 0.15) is 23.5 Å². The van der Waals surface area contributed by atoms with Crippen LogP contribution in [0.5, 0.6) is 0 Å². The molecule has 15 heavy (non-hydrogen) atoms. The predicted octanol–water partition coefficient (Wildman–Crippen LogP) is 2.21. The summed E-state index contributed by atoms with van der Waals surface area (Å²) in [7, 11) is 2.23. The molecule has 0 aliphatic carbocycles. The molecule has 2 heterocycles. The number of benzene rings is 1. The molecule has 3 rings (SSSR count). The molecule has 1 fully saturated rings.